The Morgan fingerprint density at radius 2 is 1.40 bits per heavy atom. The van der Waals surface area contributed by atoms with Gasteiger partial charge in [0.05, 0.1) is 21.0 Å². The summed E-state index contributed by atoms with van der Waals surface area (Å²) < 4.78 is 15.0. The molecule has 2 aromatic rings. The Balaban J connectivity index is 1.21. The number of fused-ring (bicyclic) bond motifs is 2. The summed E-state index contributed by atoms with van der Waals surface area (Å²) in [5.74, 6) is 1.72. The van der Waals surface area contributed by atoms with Gasteiger partial charge in [-0.2, -0.15) is 0 Å². The Bertz CT molecular complexity index is 1140. The van der Waals surface area contributed by atoms with Crippen molar-refractivity contribution < 1.29 is 9.47 Å². The second-order valence-electron chi connectivity index (χ2n) is 12.2. The average molecular weight is 676 g/mol. The summed E-state index contributed by atoms with van der Waals surface area (Å²) in [5.41, 5.74) is 2.72. The van der Waals surface area contributed by atoms with Crippen LogP contribution in [-0.2, 0) is 5.41 Å². The van der Waals surface area contributed by atoms with E-state index in [2.05, 4.69) is 107 Å². The molecule has 2 aromatic carbocycles. The minimum atomic E-state index is -0.595. The van der Waals surface area contributed by atoms with E-state index in [0.29, 0.717) is 0 Å². The topological polar surface area (TPSA) is 21.7 Å². The third-order valence-corrected chi connectivity index (χ3v) is 10.4. The van der Waals surface area contributed by atoms with Gasteiger partial charge in [0.1, 0.15) is 11.5 Å². The molecule has 4 rings (SSSR count). The highest BCUT2D eigenvalue weighted by Crippen LogP contribution is 2.56. The van der Waals surface area contributed by atoms with Gasteiger partial charge in [0, 0.05) is 18.3 Å². The molecule has 2 aliphatic rings. The number of halogens is 2. The van der Waals surface area contributed by atoms with E-state index in [-0.39, 0.29) is 5.41 Å². The van der Waals surface area contributed by atoms with Crippen LogP contribution in [0.3, 0.4) is 0 Å². The molecule has 2 heterocycles. The molecule has 0 amide bonds. The number of unbranched alkanes of at least 4 members (excludes halogenated alkanes) is 13. The molecule has 0 saturated carbocycles. The lowest BCUT2D eigenvalue weighted by Gasteiger charge is -2.46. The fourth-order valence-electron chi connectivity index (χ4n) is 6.43. The summed E-state index contributed by atoms with van der Waals surface area (Å²) in [7, 11) is 2.12. The summed E-state index contributed by atoms with van der Waals surface area (Å²) in [6, 6.07) is 10.7. The van der Waals surface area contributed by atoms with E-state index < -0.39 is 5.72 Å². The first-order valence-corrected chi connectivity index (χ1v) is 17.3. The van der Waals surface area contributed by atoms with E-state index in [1.165, 1.54) is 94.7 Å². The molecule has 0 aromatic heterocycles. The number of para-hydroxylation sites is 1. The first-order valence-electron chi connectivity index (χ1n) is 15.7. The van der Waals surface area contributed by atoms with Crippen LogP contribution in [0.5, 0.6) is 11.5 Å². The van der Waals surface area contributed by atoms with Crippen LogP contribution >= 0.6 is 31.9 Å². The zero-order valence-electron chi connectivity index (χ0n) is 25.2. The zero-order valence-corrected chi connectivity index (χ0v) is 28.3. The molecule has 1 unspecified atom stereocenters. The summed E-state index contributed by atoms with van der Waals surface area (Å²) in [6.45, 7) is 7.56. The minimum Gasteiger partial charge on any atom is -0.492 e. The molecule has 220 valence electrons. The number of rotatable bonds is 16. The normalized spacial score (nSPS) is 18.6. The van der Waals surface area contributed by atoms with Gasteiger partial charge in [0.15, 0.2) is 0 Å². The van der Waals surface area contributed by atoms with Gasteiger partial charge in [-0.15, -0.1) is 0 Å². The summed E-state index contributed by atoms with van der Waals surface area (Å²) in [6.07, 6.45) is 23.5. The van der Waals surface area contributed by atoms with Crippen LogP contribution in [0, 0.1) is 0 Å². The highest BCUT2D eigenvalue weighted by molar-refractivity contribution is 9.11. The van der Waals surface area contributed by atoms with E-state index in [9.17, 15) is 0 Å². The largest absolute Gasteiger partial charge is 0.492 e. The molecule has 40 heavy (non-hydrogen) atoms. The molecule has 3 nitrogen and oxygen atoms in total. The molecular formula is C35H49Br2NO2. The van der Waals surface area contributed by atoms with Crippen molar-refractivity contribution in [1.29, 1.82) is 0 Å². The number of likely N-dealkylation sites (N-methyl/N-ethyl adjacent to an activating group) is 1. The Morgan fingerprint density at radius 1 is 0.825 bits per heavy atom. The molecule has 5 heteroatoms. The first-order chi connectivity index (χ1) is 19.3. The molecule has 0 N–H and O–H groups in total. The molecule has 0 saturated heterocycles. The Labute approximate surface area is 260 Å². The van der Waals surface area contributed by atoms with Gasteiger partial charge in [0.2, 0.25) is 5.72 Å². The molecule has 0 aliphatic carbocycles. The first kappa shape index (κ1) is 31.5. The van der Waals surface area contributed by atoms with E-state index >= 15 is 0 Å². The van der Waals surface area contributed by atoms with Gasteiger partial charge in [0.25, 0.3) is 0 Å². The van der Waals surface area contributed by atoms with Crippen molar-refractivity contribution in [2.24, 2.45) is 0 Å². The maximum Gasteiger partial charge on any atom is 0.211 e. The maximum absolute atomic E-state index is 6.89. The lowest BCUT2D eigenvalue weighted by molar-refractivity contribution is 0.0571. The van der Waals surface area contributed by atoms with Gasteiger partial charge in [-0.3, -0.25) is 0 Å². The number of ether oxygens (including phenoxy) is 2. The van der Waals surface area contributed by atoms with Crippen LogP contribution in [0.2, 0.25) is 0 Å². The van der Waals surface area contributed by atoms with Crippen LogP contribution in [0.1, 0.15) is 122 Å². The van der Waals surface area contributed by atoms with Gasteiger partial charge in [-0.05, 0) is 82.0 Å². The zero-order chi connectivity index (χ0) is 28.6. The fourth-order valence-corrected chi connectivity index (χ4v) is 7.47. The lowest BCUT2D eigenvalue weighted by atomic mass is 9.76. The van der Waals surface area contributed by atoms with Crippen LogP contribution in [0.15, 0.2) is 45.4 Å². The van der Waals surface area contributed by atoms with Crippen LogP contribution < -0.4 is 14.4 Å². The molecule has 0 bridgehead atoms. The van der Waals surface area contributed by atoms with Crippen molar-refractivity contribution in [3.8, 4) is 11.5 Å². The monoisotopic (exact) mass is 673 g/mol. The predicted molar refractivity (Wildman–Crippen MR) is 178 cm³/mol. The molecule has 1 atom stereocenters. The Hall–Kier alpha value is -1.46. The number of hydrogen-bond donors (Lipinski definition) is 0. The lowest BCUT2D eigenvalue weighted by Crippen LogP contribution is -2.58. The molecule has 0 radical (unpaired) electrons. The van der Waals surface area contributed by atoms with Crippen molar-refractivity contribution in [3.63, 3.8) is 0 Å². The molecule has 1 spiro atoms. The molecule has 2 aliphatic heterocycles. The number of nitrogens with zero attached hydrogens (tertiary/aromatic N) is 1. The van der Waals surface area contributed by atoms with Crippen molar-refractivity contribution in [2.75, 3.05) is 18.6 Å². The number of hydrogen-bond acceptors (Lipinski definition) is 3. The van der Waals surface area contributed by atoms with Crippen molar-refractivity contribution in [1.82, 2.24) is 0 Å². The highest BCUT2D eigenvalue weighted by atomic mass is 79.9. The second-order valence-corrected chi connectivity index (χ2v) is 13.8. The average Bonchev–Trinajstić information content (AvgIpc) is 3.11. The SMILES string of the molecule is CCCCCCCCCCCCCCCCOc1cc(Br)c2c(c1Br)C=CC1(O2)N(C)c2ccccc2C1(C)C. The van der Waals surface area contributed by atoms with Crippen molar-refractivity contribution in [3.05, 3.63) is 56.5 Å². The predicted octanol–water partition coefficient (Wildman–Crippen LogP) is 11.6. The summed E-state index contributed by atoms with van der Waals surface area (Å²) in [4.78, 5) is 2.27. The quantitative estimate of drug-likeness (QED) is 0.165. The summed E-state index contributed by atoms with van der Waals surface area (Å²) in [5, 5.41) is 0. The van der Waals surface area contributed by atoms with Crippen molar-refractivity contribution >= 4 is 43.6 Å². The van der Waals surface area contributed by atoms with Gasteiger partial charge in [-0.25, -0.2) is 0 Å². The third kappa shape index (κ3) is 6.77. The van der Waals surface area contributed by atoms with Gasteiger partial charge >= 0.3 is 0 Å². The van der Waals surface area contributed by atoms with Crippen molar-refractivity contribution in [2.45, 2.75) is 122 Å². The van der Waals surface area contributed by atoms with E-state index in [1.807, 2.05) is 0 Å². The summed E-state index contributed by atoms with van der Waals surface area (Å²) >= 11 is 7.62. The van der Waals surface area contributed by atoms with Crippen LogP contribution in [-0.4, -0.2) is 19.4 Å². The minimum absolute atomic E-state index is 0.221. The smallest absolute Gasteiger partial charge is 0.211 e. The third-order valence-electron chi connectivity index (χ3n) is 8.99. The van der Waals surface area contributed by atoms with Crippen LogP contribution in [0.4, 0.5) is 5.69 Å². The number of benzene rings is 2. The number of anilines is 1. The standard InChI is InChI=1S/C35H49Br2NO2/c1-5-6-7-8-9-10-11-12-13-14-15-16-17-20-25-39-31-26-29(36)33-27(32(31)37)23-24-35(40-33)34(2,3)28-21-18-19-22-30(28)38(35)4/h18-19,21-24,26H,5-17,20,25H2,1-4H3. The van der Waals surface area contributed by atoms with Crippen LogP contribution in [0.25, 0.3) is 6.08 Å². The molecule has 0 fully saturated rings. The molecular weight excluding hydrogens is 626 g/mol. The van der Waals surface area contributed by atoms with E-state index in [0.717, 1.165) is 39.0 Å². The van der Waals surface area contributed by atoms with Gasteiger partial charge < -0.3 is 14.4 Å². The highest BCUT2D eigenvalue weighted by Gasteiger charge is 2.57. The Kier molecular flexibility index (Phi) is 11.5. The van der Waals surface area contributed by atoms with E-state index in [1.54, 1.807) is 0 Å². The maximum atomic E-state index is 6.89. The second kappa shape index (κ2) is 14.6. The Morgan fingerprint density at radius 3 is 2.00 bits per heavy atom. The van der Waals surface area contributed by atoms with E-state index in [4.69, 9.17) is 9.47 Å². The van der Waals surface area contributed by atoms with Gasteiger partial charge in [-0.1, -0.05) is 109 Å². The fraction of sp³-hybridized carbons (Fsp3) is 0.600.